The smallest absolute Gasteiger partial charge is 0.0560 e. The lowest BCUT2D eigenvalue weighted by Gasteiger charge is -2.34. The van der Waals surface area contributed by atoms with Gasteiger partial charge in [-0.1, -0.05) is 399 Å². The monoisotopic (exact) mass is 1570 g/mol. The standard InChI is InChI=1S/C119H91NS/c1-117(2)108-27-17-15-24-100(108)101-70-67-98(75-111(101)117)120(96-63-57-89(58-64-96)87-43-39-83(40-44-87)79-21-11-8-12-22-79)97-65-59-91(60-66-97)94-61-68-103-109(73-94)118(3,4)114-102-25-14-13-23-99(102)107(113(103)114)72-77-31-35-81(36-32-77)85-45-47-86(48-46-85)88-49-53-92(54-50-88)106(71-76-29-33-80(34-30-76)84-41-37-82(38-42-84)78-19-9-7-10-20-78)93-55-51-90(52-56-93)95-62-69-104-110(74-95)119(5,6)115-105-26-16-18-28-112(105)121-116(104)115/h7-65,67-70,72-75,97,106H,66,71H2,1-6H3/b107-72-. The van der Waals surface area contributed by atoms with Crippen molar-refractivity contribution < 1.29 is 0 Å². The first kappa shape index (κ1) is 73.6. The van der Waals surface area contributed by atoms with Gasteiger partial charge in [0.25, 0.3) is 0 Å². The topological polar surface area (TPSA) is 3.24 Å². The van der Waals surface area contributed by atoms with Crippen LogP contribution in [0.4, 0.5) is 11.4 Å². The largest absolute Gasteiger partial charge is 0.334 e. The van der Waals surface area contributed by atoms with Crippen LogP contribution in [0.3, 0.4) is 0 Å². The molecule has 2 heteroatoms. The molecule has 0 N–H and O–H groups in total. The first-order valence-electron chi connectivity index (χ1n) is 42.9. The fourth-order valence-electron chi connectivity index (χ4n) is 20.7. The van der Waals surface area contributed by atoms with E-state index in [1.807, 2.05) is 11.3 Å². The van der Waals surface area contributed by atoms with Crippen molar-refractivity contribution >= 4 is 61.2 Å². The van der Waals surface area contributed by atoms with Crippen molar-refractivity contribution in [1.29, 1.82) is 0 Å². The number of nitrogens with zero attached hydrogens (tertiary/aromatic N) is 1. The molecule has 0 bridgehead atoms. The van der Waals surface area contributed by atoms with Gasteiger partial charge in [0.2, 0.25) is 0 Å². The molecule has 17 aromatic rings. The second-order valence-corrected chi connectivity index (χ2v) is 36.4. The predicted octanol–water partition coefficient (Wildman–Crippen LogP) is 31.9. The summed E-state index contributed by atoms with van der Waals surface area (Å²) in [4.78, 5) is 3.99. The van der Waals surface area contributed by atoms with Crippen LogP contribution in [0.25, 0.3) is 138 Å². The third-order valence-electron chi connectivity index (χ3n) is 27.3. The minimum absolute atomic E-state index is 0.0869. The molecule has 5 aliphatic carbocycles. The highest BCUT2D eigenvalue weighted by molar-refractivity contribution is 7.22. The molecule has 1 nitrogen and oxygen atoms in total. The van der Waals surface area contributed by atoms with Gasteiger partial charge in [0, 0.05) is 43.1 Å². The van der Waals surface area contributed by atoms with Crippen molar-refractivity contribution in [3.63, 3.8) is 0 Å². The molecule has 0 spiro atoms. The zero-order chi connectivity index (χ0) is 81.2. The third kappa shape index (κ3) is 12.8. The highest BCUT2D eigenvalue weighted by Gasteiger charge is 2.45. The molecule has 578 valence electrons. The normalized spacial score (nSPS) is 15.8. The van der Waals surface area contributed by atoms with E-state index >= 15 is 0 Å². The Morgan fingerprint density at radius 3 is 1.34 bits per heavy atom. The fourth-order valence-corrected chi connectivity index (χ4v) is 22.1. The highest BCUT2D eigenvalue weighted by Crippen LogP contribution is 2.62. The fraction of sp³-hybridized carbons (Fsp3) is 0.109. The van der Waals surface area contributed by atoms with Gasteiger partial charge in [-0.05, 0) is 256 Å². The summed E-state index contributed by atoms with van der Waals surface area (Å²) in [5, 5.41) is 1.39. The van der Waals surface area contributed by atoms with E-state index in [1.54, 1.807) is 0 Å². The van der Waals surface area contributed by atoms with E-state index < -0.39 is 0 Å². The molecule has 22 rings (SSSR count). The molecule has 2 atom stereocenters. The Morgan fingerprint density at radius 1 is 0.339 bits per heavy atom. The Hall–Kier alpha value is -13.8. The number of hydrogen-bond donors (Lipinski definition) is 0. The van der Waals surface area contributed by atoms with E-state index in [0.29, 0.717) is 0 Å². The maximum absolute atomic E-state index is 2.57. The molecular weight excluding hydrogens is 1480 g/mol. The van der Waals surface area contributed by atoms with Crippen LogP contribution < -0.4 is 4.90 Å². The summed E-state index contributed by atoms with van der Waals surface area (Å²) >= 11 is 1.94. The Kier molecular flexibility index (Phi) is 17.9. The average molecular weight is 1570 g/mol. The number of allylic oxidation sites excluding steroid dienone is 5. The number of thiophene rings is 1. The molecule has 0 saturated carbocycles. The summed E-state index contributed by atoms with van der Waals surface area (Å²) in [6.45, 7) is 14.5. The molecule has 1 aromatic heterocycles. The van der Waals surface area contributed by atoms with Gasteiger partial charge in [-0.15, -0.1) is 11.3 Å². The number of rotatable bonds is 16. The second kappa shape index (κ2) is 29.3. The molecule has 1 heterocycles. The van der Waals surface area contributed by atoms with E-state index in [2.05, 4.69) is 453 Å². The summed E-state index contributed by atoms with van der Waals surface area (Å²) in [7, 11) is 0. The molecule has 2 unspecified atom stereocenters. The van der Waals surface area contributed by atoms with Crippen LogP contribution in [0, 0.1) is 0 Å². The van der Waals surface area contributed by atoms with Gasteiger partial charge in [-0.25, -0.2) is 0 Å². The van der Waals surface area contributed by atoms with Gasteiger partial charge in [-0.2, -0.15) is 0 Å². The third-order valence-corrected chi connectivity index (χ3v) is 28.5. The summed E-state index contributed by atoms with van der Waals surface area (Å²) in [6.07, 6.45) is 11.5. The van der Waals surface area contributed by atoms with Crippen LogP contribution in [0.15, 0.2) is 400 Å². The highest BCUT2D eigenvalue weighted by atomic mass is 32.1. The van der Waals surface area contributed by atoms with Crippen molar-refractivity contribution in [2.45, 2.75) is 82.6 Å². The lowest BCUT2D eigenvalue weighted by molar-refractivity contribution is 0.659. The van der Waals surface area contributed by atoms with Crippen molar-refractivity contribution in [2.75, 3.05) is 4.90 Å². The minimum atomic E-state index is -0.225. The Morgan fingerprint density at radius 2 is 0.760 bits per heavy atom. The number of hydrogen-bond acceptors (Lipinski definition) is 2. The summed E-state index contributed by atoms with van der Waals surface area (Å²) in [5.41, 5.74) is 45.8. The average Bonchev–Trinajstić information content (AvgIpc) is 1.54. The first-order chi connectivity index (χ1) is 59.2. The first-order valence-corrected chi connectivity index (χ1v) is 43.7. The maximum Gasteiger partial charge on any atom is 0.0560 e. The summed E-state index contributed by atoms with van der Waals surface area (Å²) in [5.74, 6) is 0.138. The summed E-state index contributed by atoms with van der Waals surface area (Å²) in [6, 6.07) is 144. The lowest BCUT2D eigenvalue weighted by atomic mass is 9.77. The number of fused-ring (bicyclic) bond motifs is 12. The number of benzene rings is 16. The van der Waals surface area contributed by atoms with Crippen LogP contribution in [-0.4, -0.2) is 6.04 Å². The van der Waals surface area contributed by atoms with Crippen LogP contribution >= 0.6 is 11.3 Å². The van der Waals surface area contributed by atoms with Gasteiger partial charge in [0.1, 0.15) is 0 Å². The van der Waals surface area contributed by atoms with Crippen molar-refractivity contribution in [3.8, 4) is 99.5 Å². The Labute approximate surface area is 715 Å². The maximum atomic E-state index is 2.57. The number of anilines is 2. The zero-order valence-electron chi connectivity index (χ0n) is 69.1. The molecule has 121 heavy (non-hydrogen) atoms. The minimum Gasteiger partial charge on any atom is -0.334 e. The molecule has 0 amide bonds. The molecule has 0 fully saturated rings. The predicted molar refractivity (Wildman–Crippen MR) is 515 cm³/mol. The van der Waals surface area contributed by atoms with Crippen molar-refractivity contribution in [2.24, 2.45) is 0 Å². The van der Waals surface area contributed by atoms with Gasteiger partial charge in [0.15, 0.2) is 0 Å². The van der Waals surface area contributed by atoms with Crippen LogP contribution in [0.2, 0.25) is 0 Å². The quantitative estimate of drug-likeness (QED) is 0.0932. The van der Waals surface area contributed by atoms with Gasteiger partial charge in [0.05, 0.1) is 6.04 Å². The van der Waals surface area contributed by atoms with Crippen molar-refractivity contribution in [3.05, 3.63) is 473 Å². The Bertz CT molecular complexity index is 7050. The second-order valence-electron chi connectivity index (χ2n) is 35.3. The molecule has 5 aliphatic rings. The van der Waals surface area contributed by atoms with Crippen molar-refractivity contribution in [1.82, 2.24) is 0 Å². The SMILES string of the molecule is CC1(C)C2=C(/C(=C\c3ccc(-c4ccc(-c5ccc(C(Cc6ccc(-c7ccc(-c8ccccc8)cc7)cc6)c6ccc(-c7ccc8c(c7)C(C)(C)c7c-8sc8ccccc78)cc6)cc5)cc4)cc3)c3ccccc32)c2ccc(C3=CCC(N(c4ccc(-c5ccc(-c6ccccc6)cc5)cc4)c4ccc5c(c4)C(C)(C)c4ccccc4-5)C=C3)cc21. The van der Waals surface area contributed by atoms with E-state index in [0.717, 1.165) is 12.8 Å². The molecule has 0 radical (unpaired) electrons. The summed E-state index contributed by atoms with van der Waals surface area (Å²) < 4.78 is 1.37. The van der Waals surface area contributed by atoms with Crippen LogP contribution in [-0.2, 0) is 22.7 Å². The van der Waals surface area contributed by atoms with Gasteiger partial charge < -0.3 is 4.90 Å². The molecule has 0 saturated heterocycles. The van der Waals surface area contributed by atoms with Crippen LogP contribution in [0.5, 0.6) is 0 Å². The van der Waals surface area contributed by atoms with E-state index in [9.17, 15) is 0 Å². The molecule has 16 aromatic carbocycles. The Balaban J connectivity index is 0.511. The van der Waals surface area contributed by atoms with E-state index in [1.165, 1.54) is 216 Å². The molecular formula is C119H91NS. The van der Waals surface area contributed by atoms with Gasteiger partial charge >= 0.3 is 0 Å². The zero-order valence-corrected chi connectivity index (χ0v) is 69.9. The van der Waals surface area contributed by atoms with Crippen LogP contribution in [0.1, 0.15) is 126 Å². The van der Waals surface area contributed by atoms with E-state index in [4.69, 9.17) is 0 Å². The van der Waals surface area contributed by atoms with Gasteiger partial charge in [-0.3, -0.25) is 0 Å². The lowest BCUT2D eigenvalue weighted by Crippen LogP contribution is -2.30. The molecule has 0 aliphatic heterocycles. The van der Waals surface area contributed by atoms with E-state index in [-0.39, 0.29) is 28.2 Å².